The number of likely N-dealkylation sites (tertiary alicyclic amines) is 1. The second-order valence-corrected chi connectivity index (χ2v) is 13.2. The fourth-order valence-electron chi connectivity index (χ4n) is 6.59. The third-order valence-corrected chi connectivity index (χ3v) is 8.99. The Morgan fingerprint density at radius 2 is 1.90 bits per heavy atom. The minimum Gasteiger partial charge on any atom is -0.388 e. The zero-order valence-electron chi connectivity index (χ0n) is 24.1. The summed E-state index contributed by atoms with van der Waals surface area (Å²) in [6.07, 6.45) is 2.76. The van der Waals surface area contributed by atoms with Gasteiger partial charge in [-0.3, -0.25) is 4.79 Å². The van der Waals surface area contributed by atoms with Crippen molar-refractivity contribution in [1.82, 2.24) is 15.5 Å². The molecule has 4 atom stereocenters. The van der Waals surface area contributed by atoms with Crippen LogP contribution in [0.1, 0.15) is 57.1 Å². The topological polar surface area (TPSA) is 73.5 Å². The second-order valence-electron chi connectivity index (χ2n) is 12.4. The molecule has 0 unspecified atom stereocenters. The molecule has 3 N–H and O–H groups in total. The van der Waals surface area contributed by atoms with Crippen LogP contribution >= 0.6 is 23.2 Å². The summed E-state index contributed by atoms with van der Waals surface area (Å²) in [5.41, 5.74) is -0.124. The summed E-state index contributed by atoms with van der Waals surface area (Å²) in [5, 5.41) is 10.2. The number of hydrogen-bond donors (Lipinski definition) is 3. The number of benzene rings is 2. The van der Waals surface area contributed by atoms with Gasteiger partial charge in [0.15, 0.2) is 0 Å². The highest BCUT2D eigenvalue weighted by atomic mass is 35.5. The van der Waals surface area contributed by atoms with Crippen LogP contribution in [0.25, 0.3) is 0 Å². The van der Waals surface area contributed by atoms with Crippen molar-refractivity contribution in [2.45, 2.75) is 69.5 Å². The van der Waals surface area contributed by atoms with E-state index in [4.69, 9.17) is 23.2 Å². The molecule has 0 saturated carbocycles. The van der Waals surface area contributed by atoms with Crippen molar-refractivity contribution in [3.05, 3.63) is 63.4 Å². The van der Waals surface area contributed by atoms with Gasteiger partial charge in [-0.2, -0.15) is 0 Å². The van der Waals surface area contributed by atoms with Crippen molar-refractivity contribution >= 4 is 41.1 Å². The fraction of sp³-hybridized carbons (Fsp3) is 0.548. The average molecular weight is 610 g/mol. The molecule has 0 aliphatic carbocycles. The molecule has 1 amide bonds. The molecule has 6 nitrogen and oxygen atoms in total. The Bertz CT molecular complexity index is 1250. The number of rotatable bonds is 9. The molecule has 41 heavy (non-hydrogen) atoms. The molecule has 2 aliphatic heterocycles. The first kappa shape index (κ1) is 31.7. The van der Waals surface area contributed by atoms with E-state index in [0.717, 1.165) is 6.29 Å². The maximum absolute atomic E-state index is 15.9. The SMILES string of the molecule is CNc1cc(Cl)ccc1[C@]1(C=O)[C@@H](CC(C)(C)C)N[C@@H](C(=O)NC2CCN(CCF)CC2)[C@@H]1c1cccc(Cl)c1F. The van der Waals surface area contributed by atoms with E-state index < -0.39 is 35.9 Å². The van der Waals surface area contributed by atoms with E-state index in [1.807, 2.05) is 4.90 Å². The maximum Gasteiger partial charge on any atom is 0.238 e. The summed E-state index contributed by atoms with van der Waals surface area (Å²) in [5.74, 6) is -1.87. The standard InChI is InChI=1S/C31H40Cl2F2N4O2/c1-30(2,3)17-25-31(18-40,22-9-8-19(32)16-24(22)36-4)26(21-6-5-7-23(33)27(21)35)28(38-25)29(41)37-20-10-13-39(14-11-20)15-12-34/h5-9,16,18,20,25-26,28,36,38H,10-15,17H2,1-4H3,(H,37,41)/t25-,26+,28-,31-/m1/s1. The number of carbonyl (C=O) groups is 2. The van der Waals surface area contributed by atoms with Crippen molar-refractivity contribution in [3.63, 3.8) is 0 Å². The van der Waals surface area contributed by atoms with Crippen LogP contribution in [0, 0.1) is 11.2 Å². The lowest BCUT2D eigenvalue weighted by Crippen LogP contribution is -2.51. The summed E-state index contributed by atoms with van der Waals surface area (Å²) in [4.78, 5) is 29.7. The lowest BCUT2D eigenvalue weighted by Gasteiger charge is -2.39. The first-order chi connectivity index (χ1) is 19.4. The predicted octanol–water partition coefficient (Wildman–Crippen LogP) is 5.72. The van der Waals surface area contributed by atoms with Crippen LogP contribution in [0.2, 0.25) is 10.0 Å². The molecule has 10 heteroatoms. The molecule has 0 aromatic heterocycles. The van der Waals surface area contributed by atoms with Gasteiger partial charge in [-0.25, -0.2) is 8.78 Å². The number of amides is 1. The first-order valence-corrected chi connectivity index (χ1v) is 14.9. The molecular formula is C31H40Cl2F2N4O2. The zero-order chi connectivity index (χ0) is 29.9. The minimum atomic E-state index is -1.34. The Labute approximate surface area is 251 Å². The van der Waals surface area contributed by atoms with E-state index in [-0.39, 0.29) is 28.0 Å². The van der Waals surface area contributed by atoms with Gasteiger partial charge < -0.3 is 25.6 Å². The number of carbonyl (C=O) groups excluding carboxylic acids is 2. The minimum absolute atomic E-state index is 0.0779. The predicted molar refractivity (Wildman–Crippen MR) is 161 cm³/mol. The van der Waals surface area contributed by atoms with Crippen LogP contribution in [0.5, 0.6) is 0 Å². The van der Waals surface area contributed by atoms with Crippen LogP contribution < -0.4 is 16.0 Å². The third kappa shape index (κ3) is 6.56. The Kier molecular flexibility index (Phi) is 10.00. The van der Waals surface area contributed by atoms with Gasteiger partial charge in [0, 0.05) is 55.4 Å². The number of nitrogens with one attached hydrogen (secondary N) is 3. The zero-order valence-corrected chi connectivity index (χ0v) is 25.6. The summed E-state index contributed by atoms with van der Waals surface area (Å²) in [6.45, 7) is 7.54. The van der Waals surface area contributed by atoms with Gasteiger partial charge in [-0.15, -0.1) is 0 Å². The molecular weight excluding hydrogens is 569 g/mol. The highest BCUT2D eigenvalue weighted by Gasteiger charge is 2.60. The number of hydrogen-bond acceptors (Lipinski definition) is 5. The normalized spacial score (nSPS) is 25.7. The van der Waals surface area contributed by atoms with E-state index in [9.17, 15) is 14.0 Å². The van der Waals surface area contributed by atoms with E-state index in [1.54, 1.807) is 37.4 Å². The van der Waals surface area contributed by atoms with Gasteiger partial charge in [0.2, 0.25) is 5.91 Å². The van der Waals surface area contributed by atoms with Crippen molar-refractivity contribution in [2.75, 3.05) is 38.7 Å². The molecule has 2 heterocycles. The Morgan fingerprint density at radius 3 is 2.51 bits per heavy atom. The number of halogens is 4. The van der Waals surface area contributed by atoms with E-state index >= 15 is 4.39 Å². The van der Waals surface area contributed by atoms with Crippen molar-refractivity contribution in [3.8, 4) is 0 Å². The fourth-order valence-corrected chi connectivity index (χ4v) is 6.95. The Morgan fingerprint density at radius 1 is 1.20 bits per heavy atom. The molecule has 0 spiro atoms. The molecule has 224 valence electrons. The molecule has 2 aromatic carbocycles. The van der Waals surface area contributed by atoms with Crippen LogP contribution in [0.3, 0.4) is 0 Å². The Hall–Kier alpha value is -2.26. The largest absolute Gasteiger partial charge is 0.388 e. The lowest BCUT2D eigenvalue weighted by atomic mass is 9.62. The molecule has 2 fully saturated rings. The number of nitrogens with zero attached hydrogens (tertiary/aromatic N) is 1. The summed E-state index contributed by atoms with van der Waals surface area (Å²) in [6, 6.07) is 8.39. The smallest absolute Gasteiger partial charge is 0.238 e. The van der Waals surface area contributed by atoms with E-state index in [1.165, 1.54) is 6.07 Å². The monoisotopic (exact) mass is 608 g/mol. The van der Waals surface area contributed by atoms with Crippen molar-refractivity contribution in [1.29, 1.82) is 0 Å². The first-order valence-electron chi connectivity index (χ1n) is 14.2. The van der Waals surface area contributed by atoms with Gasteiger partial charge in [-0.05, 0) is 54.0 Å². The Balaban J connectivity index is 1.85. The summed E-state index contributed by atoms with van der Waals surface area (Å²) >= 11 is 12.6. The van der Waals surface area contributed by atoms with Crippen LogP contribution in [-0.2, 0) is 15.0 Å². The van der Waals surface area contributed by atoms with Crippen LogP contribution in [-0.4, -0.2) is 68.6 Å². The number of aldehydes is 1. The summed E-state index contributed by atoms with van der Waals surface area (Å²) < 4.78 is 28.7. The maximum atomic E-state index is 15.9. The number of piperidine rings is 1. The number of alkyl halides is 1. The van der Waals surface area contributed by atoms with Gasteiger partial charge in [0.25, 0.3) is 0 Å². The van der Waals surface area contributed by atoms with Gasteiger partial charge in [-0.1, -0.05) is 62.2 Å². The quantitative estimate of drug-likeness (QED) is 0.317. The molecule has 4 rings (SSSR count). The van der Waals surface area contributed by atoms with Crippen molar-refractivity contribution in [2.24, 2.45) is 5.41 Å². The molecule has 2 saturated heterocycles. The van der Waals surface area contributed by atoms with Gasteiger partial charge in [0.1, 0.15) is 18.8 Å². The third-order valence-electron chi connectivity index (χ3n) is 8.47. The average Bonchev–Trinajstić information content (AvgIpc) is 3.24. The second kappa shape index (κ2) is 12.9. The van der Waals surface area contributed by atoms with E-state index in [2.05, 4.69) is 36.7 Å². The molecule has 0 bridgehead atoms. The lowest BCUT2D eigenvalue weighted by molar-refractivity contribution is -0.124. The summed E-state index contributed by atoms with van der Waals surface area (Å²) in [7, 11) is 1.74. The highest BCUT2D eigenvalue weighted by Crippen LogP contribution is 2.53. The van der Waals surface area contributed by atoms with E-state index in [0.29, 0.717) is 55.2 Å². The van der Waals surface area contributed by atoms with Crippen molar-refractivity contribution < 1.29 is 18.4 Å². The molecule has 2 aliphatic rings. The van der Waals surface area contributed by atoms with Gasteiger partial charge in [0.05, 0.1) is 16.5 Å². The number of anilines is 1. The molecule has 0 radical (unpaired) electrons. The van der Waals surface area contributed by atoms with Crippen LogP contribution in [0.4, 0.5) is 14.5 Å². The molecule has 2 aromatic rings. The highest BCUT2D eigenvalue weighted by molar-refractivity contribution is 6.31. The van der Waals surface area contributed by atoms with Gasteiger partial charge >= 0.3 is 0 Å². The van der Waals surface area contributed by atoms with Crippen LogP contribution in [0.15, 0.2) is 36.4 Å².